The van der Waals surface area contributed by atoms with Gasteiger partial charge in [0.25, 0.3) is 0 Å². The number of anilines is 2. The molecule has 0 saturated heterocycles. The smallest absolute Gasteiger partial charge is 0.125 e. The van der Waals surface area contributed by atoms with E-state index in [-0.39, 0.29) is 5.75 Å². The van der Waals surface area contributed by atoms with E-state index < -0.39 is 0 Å². The van der Waals surface area contributed by atoms with E-state index in [1.165, 1.54) is 11.3 Å². The molecule has 0 radical (unpaired) electrons. The predicted molar refractivity (Wildman–Crippen MR) is 60.2 cm³/mol. The van der Waals surface area contributed by atoms with Crippen molar-refractivity contribution in [3.8, 4) is 16.9 Å². The normalized spacial score (nSPS) is 10.3. The minimum Gasteiger partial charge on any atom is -0.507 e. The fourth-order valence-corrected chi connectivity index (χ4v) is 2.09. The lowest BCUT2D eigenvalue weighted by atomic mass is 10.0. The molecular formula is C10H10N2OS. The molecule has 3 nitrogen and oxygen atoms in total. The topological polar surface area (TPSA) is 72.3 Å². The monoisotopic (exact) mass is 206 g/mol. The van der Waals surface area contributed by atoms with Crippen molar-refractivity contribution in [3.63, 3.8) is 0 Å². The Labute approximate surface area is 85.6 Å². The molecule has 1 aromatic heterocycles. The minimum absolute atomic E-state index is 0.162. The lowest BCUT2D eigenvalue weighted by molar-refractivity contribution is 0.477. The Balaban J connectivity index is 2.68. The highest BCUT2D eigenvalue weighted by Crippen LogP contribution is 2.39. The second-order valence-electron chi connectivity index (χ2n) is 2.98. The van der Waals surface area contributed by atoms with Crippen molar-refractivity contribution < 1.29 is 5.11 Å². The van der Waals surface area contributed by atoms with Crippen LogP contribution in [0.1, 0.15) is 0 Å². The van der Waals surface area contributed by atoms with Crippen LogP contribution in [0.4, 0.5) is 11.4 Å². The molecule has 1 heterocycles. The molecular weight excluding hydrogens is 196 g/mol. The van der Waals surface area contributed by atoms with Crippen LogP contribution in [0.5, 0.6) is 5.75 Å². The summed E-state index contributed by atoms with van der Waals surface area (Å²) in [5, 5.41) is 13.4. The molecule has 0 saturated carbocycles. The average molecular weight is 206 g/mol. The maximum absolute atomic E-state index is 9.66. The molecule has 0 aliphatic rings. The minimum atomic E-state index is 0.162. The van der Waals surface area contributed by atoms with Crippen molar-refractivity contribution >= 4 is 22.7 Å². The number of thiophene rings is 1. The van der Waals surface area contributed by atoms with Gasteiger partial charge < -0.3 is 16.6 Å². The summed E-state index contributed by atoms with van der Waals surface area (Å²) < 4.78 is 0. The van der Waals surface area contributed by atoms with E-state index in [0.29, 0.717) is 16.9 Å². The van der Waals surface area contributed by atoms with Gasteiger partial charge in [-0.2, -0.15) is 0 Å². The van der Waals surface area contributed by atoms with Gasteiger partial charge in [0.15, 0.2) is 0 Å². The Bertz CT molecular complexity index is 445. The molecule has 0 bridgehead atoms. The zero-order valence-electron chi connectivity index (χ0n) is 7.40. The number of nitrogen functional groups attached to an aromatic ring is 2. The maximum Gasteiger partial charge on any atom is 0.125 e. The van der Waals surface area contributed by atoms with Crippen molar-refractivity contribution in [1.29, 1.82) is 0 Å². The fraction of sp³-hybridized carbons (Fsp3) is 0. The molecule has 0 amide bonds. The zero-order valence-corrected chi connectivity index (χ0v) is 8.21. The first-order valence-electron chi connectivity index (χ1n) is 4.09. The van der Waals surface area contributed by atoms with E-state index in [2.05, 4.69) is 0 Å². The molecule has 2 rings (SSSR count). The van der Waals surface area contributed by atoms with Crippen LogP contribution in [0, 0.1) is 0 Å². The fourth-order valence-electron chi connectivity index (χ4n) is 1.36. The molecule has 5 N–H and O–H groups in total. The third kappa shape index (κ3) is 1.29. The summed E-state index contributed by atoms with van der Waals surface area (Å²) in [5.41, 5.74) is 14.1. The highest BCUT2D eigenvalue weighted by atomic mass is 32.1. The largest absolute Gasteiger partial charge is 0.507 e. The lowest BCUT2D eigenvalue weighted by Crippen LogP contribution is -1.91. The number of phenolic OH excluding ortho intramolecular Hbond substituents is 1. The van der Waals surface area contributed by atoms with Gasteiger partial charge in [0.1, 0.15) is 5.75 Å². The summed E-state index contributed by atoms with van der Waals surface area (Å²) in [6.07, 6.45) is 0. The Hall–Kier alpha value is -1.68. The van der Waals surface area contributed by atoms with Crippen molar-refractivity contribution in [2.45, 2.75) is 0 Å². The van der Waals surface area contributed by atoms with Crippen LogP contribution in [0.15, 0.2) is 29.0 Å². The number of nitrogens with two attached hydrogens (primary N) is 2. The van der Waals surface area contributed by atoms with E-state index in [4.69, 9.17) is 11.5 Å². The molecule has 0 aliphatic carbocycles. The standard InChI is InChI=1S/C10H10N2OS/c11-7-2-1-3-9(13)10(7)6-4-14-5-8(6)12/h1-5,13H,11-12H2. The second kappa shape index (κ2) is 3.23. The van der Waals surface area contributed by atoms with Gasteiger partial charge >= 0.3 is 0 Å². The summed E-state index contributed by atoms with van der Waals surface area (Å²) in [6.45, 7) is 0. The average Bonchev–Trinajstić information content (AvgIpc) is 2.52. The summed E-state index contributed by atoms with van der Waals surface area (Å²) in [5.74, 6) is 0.162. The van der Waals surface area contributed by atoms with Crippen LogP contribution in [0.25, 0.3) is 11.1 Å². The Morgan fingerprint density at radius 2 is 1.86 bits per heavy atom. The zero-order chi connectivity index (χ0) is 10.1. The first kappa shape index (κ1) is 8.90. The molecule has 0 spiro atoms. The summed E-state index contributed by atoms with van der Waals surface area (Å²) >= 11 is 1.49. The van der Waals surface area contributed by atoms with E-state index in [1.54, 1.807) is 18.2 Å². The highest BCUT2D eigenvalue weighted by Gasteiger charge is 2.11. The van der Waals surface area contributed by atoms with Crippen molar-refractivity contribution in [1.82, 2.24) is 0 Å². The molecule has 14 heavy (non-hydrogen) atoms. The van der Waals surface area contributed by atoms with E-state index in [1.807, 2.05) is 10.8 Å². The predicted octanol–water partition coefficient (Wildman–Crippen LogP) is 2.29. The van der Waals surface area contributed by atoms with Crippen LogP contribution in [0.3, 0.4) is 0 Å². The van der Waals surface area contributed by atoms with Crippen molar-refractivity contribution in [2.75, 3.05) is 11.5 Å². The second-order valence-corrected chi connectivity index (χ2v) is 3.73. The molecule has 0 unspecified atom stereocenters. The Morgan fingerprint density at radius 3 is 2.43 bits per heavy atom. The maximum atomic E-state index is 9.66. The van der Waals surface area contributed by atoms with E-state index in [0.717, 1.165) is 5.56 Å². The quantitative estimate of drug-likeness (QED) is 0.627. The van der Waals surface area contributed by atoms with E-state index >= 15 is 0 Å². The molecule has 4 heteroatoms. The number of phenols is 1. The van der Waals surface area contributed by atoms with Gasteiger partial charge in [-0.3, -0.25) is 0 Å². The molecule has 1 aromatic carbocycles. The van der Waals surface area contributed by atoms with Crippen molar-refractivity contribution in [2.24, 2.45) is 0 Å². The van der Waals surface area contributed by atoms with Gasteiger partial charge in [0.05, 0.1) is 5.69 Å². The molecule has 0 fully saturated rings. The molecule has 0 aliphatic heterocycles. The van der Waals surface area contributed by atoms with Gasteiger partial charge in [-0.25, -0.2) is 0 Å². The SMILES string of the molecule is Nc1cscc1-c1c(N)cccc1O. The van der Waals surface area contributed by atoms with Gasteiger partial charge in [0.2, 0.25) is 0 Å². The highest BCUT2D eigenvalue weighted by molar-refractivity contribution is 7.08. The lowest BCUT2D eigenvalue weighted by Gasteiger charge is -2.06. The molecule has 2 aromatic rings. The summed E-state index contributed by atoms with van der Waals surface area (Å²) in [4.78, 5) is 0. The molecule has 72 valence electrons. The van der Waals surface area contributed by atoms with E-state index in [9.17, 15) is 5.11 Å². The summed E-state index contributed by atoms with van der Waals surface area (Å²) in [7, 11) is 0. The number of hydrogen-bond acceptors (Lipinski definition) is 4. The van der Waals surface area contributed by atoms with Gasteiger partial charge in [-0.1, -0.05) is 6.07 Å². The third-order valence-corrected chi connectivity index (χ3v) is 2.80. The van der Waals surface area contributed by atoms with Gasteiger partial charge in [0, 0.05) is 27.6 Å². The number of benzene rings is 1. The molecule has 0 atom stereocenters. The van der Waals surface area contributed by atoms with Crippen LogP contribution in [-0.2, 0) is 0 Å². The number of rotatable bonds is 1. The van der Waals surface area contributed by atoms with Gasteiger partial charge in [-0.15, -0.1) is 11.3 Å². The van der Waals surface area contributed by atoms with Gasteiger partial charge in [-0.05, 0) is 12.1 Å². The number of aromatic hydroxyl groups is 1. The first-order chi connectivity index (χ1) is 6.70. The third-order valence-electron chi connectivity index (χ3n) is 2.04. The first-order valence-corrected chi connectivity index (χ1v) is 5.04. The van der Waals surface area contributed by atoms with Crippen LogP contribution in [-0.4, -0.2) is 5.11 Å². The Morgan fingerprint density at radius 1 is 1.07 bits per heavy atom. The van der Waals surface area contributed by atoms with Crippen LogP contribution < -0.4 is 11.5 Å². The Kier molecular flexibility index (Phi) is 2.05. The van der Waals surface area contributed by atoms with Crippen LogP contribution in [0.2, 0.25) is 0 Å². The number of hydrogen-bond donors (Lipinski definition) is 3. The van der Waals surface area contributed by atoms with Crippen molar-refractivity contribution in [3.05, 3.63) is 29.0 Å². The summed E-state index contributed by atoms with van der Waals surface area (Å²) in [6, 6.07) is 5.05. The van der Waals surface area contributed by atoms with Crippen LogP contribution >= 0.6 is 11.3 Å².